The first-order valence-corrected chi connectivity index (χ1v) is 19.3. The van der Waals surface area contributed by atoms with Crippen LogP contribution in [0, 0.1) is 11.8 Å². The summed E-state index contributed by atoms with van der Waals surface area (Å²) in [6, 6.07) is 45.7. The molecule has 0 radical (unpaired) electrons. The molecule has 0 aliphatic heterocycles. The van der Waals surface area contributed by atoms with Gasteiger partial charge >= 0.3 is 0 Å². The van der Waals surface area contributed by atoms with E-state index in [2.05, 4.69) is 223 Å². The summed E-state index contributed by atoms with van der Waals surface area (Å²) in [5.41, 5.74) is 11.6. The number of rotatable bonds is 5. The summed E-state index contributed by atoms with van der Waals surface area (Å²) in [6.45, 7) is 0. The van der Waals surface area contributed by atoms with Crippen LogP contribution >= 0.6 is 0 Å². The first kappa shape index (κ1) is 34.0. The van der Waals surface area contributed by atoms with Gasteiger partial charge in [0.1, 0.15) is 5.82 Å². The molecule has 9 rings (SSSR count). The van der Waals surface area contributed by atoms with Gasteiger partial charge in [0, 0.05) is 23.1 Å². The SMILES string of the molecule is C1=CC2/C=C/C=C\C=C/C=C(C3=c4\ccc(-c5ccc(-c6nc7ccccc7n6-c6ccccc6)cc5)cc4=C(c4ccccc4)C=CCC\C=C\3)\C2C=C1. The van der Waals surface area contributed by atoms with E-state index in [4.69, 9.17) is 4.98 Å². The maximum absolute atomic E-state index is 5.12. The lowest BCUT2D eigenvalue weighted by Gasteiger charge is -2.26. The third-order valence-corrected chi connectivity index (χ3v) is 10.7. The van der Waals surface area contributed by atoms with Crippen molar-refractivity contribution >= 4 is 22.2 Å². The van der Waals surface area contributed by atoms with E-state index in [0.29, 0.717) is 0 Å². The van der Waals surface area contributed by atoms with Crippen LogP contribution in [0.25, 0.3) is 50.4 Å². The number of benzene rings is 5. The predicted molar refractivity (Wildman–Crippen MR) is 232 cm³/mol. The molecule has 5 aromatic carbocycles. The van der Waals surface area contributed by atoms with Crippen molar-refractivity contribution in [1.29, 1.82) is 0 Å². The Morgan fingerprint density at radius 3 is 1.95 bits per heavy atom. The molecule has 1 heterocycles. The van der Waals surface area contributed by atoms with E-state index in [0.717, 1.165) is 46.5 Å². The summed E-state index contributed by atoms with van der Waals surface area (Å²) >= 11 is 0. The van der Waals surface area contributed by atoms with Crippen molar-refractivity contribution in [3.05, 3.63) is 240 Å². The van der Waals surface area contributed by atoms with Crippen LogP contribution in [0.15, 0.2) is 224 Å². The van der Waals surface area contributed by atoms with Crippen molar-refractivity contribution in [3.8, 4) is 28.2 Å². The highest BCUT2D eigenvalue weighted by Crippen LogP contribution is 2.35. The maximum Gasteiger partial charge on any atom is 0.145 e. The molecular weight excluding hydrogens is 665 g/mol. The second-order valence-corrected chi connectivity index (χ2v) is 14.2. The first-order chi connectivity index (χ1) is 27.3. The van der Waals surface area contributed by atoms with Crippen LogP contribution in [-0.2, 0) is 0 Å². The molecule has 2 nitrogen and oxygen atoms in total. The summed E-state index contributed by atoms with van der Waals surface area (Å²) in [7, 11) is 0. The summed E-state index contributed by atoms with van der Waals surface area (Å²) < 4.78 is 2.26. The van der Waals surface area contributed by atoms with Gasteiger partial charge in [0.05, 0.1) is 11.0 Å². The van der Waals surface area contributed by atoms with E-state index in [9.17, 15) is 0 Å². The van der Waals surface area contributed by atoms with Crippen LogP contribution in [-0.4, -0.2) is 9.55 Å². The van der Waals surface area contributed by atoms with Gasteiger partial charge in [-0.3, -0.25) is 4.57 Å². The number of allylic oxidation sites excluding steroid dienone is 16. The van der Waals surface area contributed by atoms with Crippen molar-refractivity contribution in [2.24, 2.45) is 11.8 Å². The summed E-state index contributed by atoms with van der Waals surface area (Å²) in [5.74, 6) is 1.40. The van der Waals surface area contributed by atoms with E-state index in [1.807, 2.05) is 0 Å². The fourth-order valence-corrected chi connectivity index (χ4v) is 7.99. The van der Waals surface area contributed by atoms with Gasteiger partial charge in [-0.05, 0) is 87.0 Å². The van der Waals surface area contributed by atoms with Gasteiger partial charge in [0.25, 0.3) is 0 Å². The molecule has 6 aromatic rings. The van der Waals surface area contributed by atoms with Gasteiger partial charge in [-0.15, -0.1) is 0 Å². The average Bonchev–Trinajstić information content (AvgIpc) is 3.64. The molecule has 3 aliphatic rings. The molecule has 1 aromatic heterocycles. The van der Waals surface area contributed by atoms with E-state index in [-0.39, 0.29) is 11.8 Å². The zero-order chi connectivity index (χ0) is 36.8. The predicted octanol–water partition coefficient (Wildman–Crippen LogP) is 11.6. The van der Waals surface area contributed by atoms with Gasteiger partial charge in [-0.1, -0.05) is 188 Å². The van der Waals surface area contributed by atoms with Gasteiger partial charge in [-0.25, -0.2) is 4.98 Å². The van der Waals surface area contributed by atoms with Crippen LogP contribution in [0.2, 0.25) is 0 Å². The Hall–Kier alpha value is -6.77. The highest BCUT2D eigenvalue weighted by atomic mass is 15.1. The molecule has 3 aliphatic carbocycles. The second-order valence-electron chi connectivity index (χ2n) is 14.2. The Kier molecular flexibility index (Phi) is 9.70. The molecule has 0 fully saturated rings. The number of para-hydroxylation sites is 3. The fraction of sp³-hybridized carbons (Fsp3) is 0.0755. The largest absolute Gasteiger partial charge is 0.292 e. The number of imidazole rings is 1. The van der Waals surface area contributed by atoms with E-state index in [1.54, 1.807) is 0 Å². The molecule has 55 heavy (non-hydrogen) atoms. The lowest BCUT2D eigenvalue weighted by molar-refractivity contribution is 0.647. The van der Waals surface area contributed by atoms with Crippen molar-refractivity contribution < 1.29 is 0 Å². The van der Waals surface area contributed by atoms with Crippen molar-refractivity contribution in [1.82, 2.24) is 9.55 Å². The molecule has 0 bridgehead atoms. The molecule has 2 unspecified atom stereocenters. The van der Waals surface area contributed by atoms with E-state index < -0.39 is 0 Å². The highest BCUT2D eigenvalue weighted by molar-refractivity contribution is 5.84. The number of hydrogen-bond donors (Lipinski definition) is 0. The Morgan fingerprint density at radius 2 is 1.13 bits per heavy atom. The van der Waals surface area contributed by atoms with Gasteiger partial charge < -0.3 is 0 Å². The molecule has 0 spiro atoms. The van der Waals surface area contributed by atoms with Crippen LogP contribution in [0.3, 0.4) is 0 Å². The van der Waals surface area contributed by atoms with Crippen LogP contribution in [0.4, 0.5) is 0 Å². The summed E-state index contributed by atoms with van der Waals surface area (Å²) in [6.07, 6.45) is 35.8. The molecular formula is C53H42N2. The molecule has 264 valence electrons. The van der Waals surface area contributed by atoms with Crippen molar-refractivity contribution in [2.75, 3.05) is 0 Å². The Bertz CT molecular complexity index is 2730. The molecule has 0 amide bonds. The van der Waals surface area contributed by atoms with Crippen LogP contribution < -0.4 is 10.4 Å². The molecule has 0 saturated heterocycles. The minimum atomic E-state index is 0.205. The number of aromatic nitrogens is 2. The van der Waals surface area contributed by atoms with Crippen LogP contribution in [0.5, 0.6) is 0 Å². The quantitative estimate of drug-likeness (QED) is 0.174. The standard InChI is InChI=1S/C53H42N2/c1-2-8-20-40-23-16-17-27-45(40)47(28-14-3-1)48-29-15-5-4-13-26-46(41-21-9-6-10-22-41)50-38-43(36-37-49(48)50)39-32-34-42(35-33-39)53-54-51-30-18-19-31-52(51)55(53)44-24-11-7-12-25-44/h1-3,6-38,40,45H,4-5H2/b2-1-,14-3-,20-8+,26-13?,29-15+,47-28+,49-48+,50-46?. The zero-order valence-electron chi connectivity index (χ0n) is 30.7. The van der Waals surface area contributed by atoms with E-state index in [1.165, 1.54) is 38.3 Å². The normalized spacial score (nSPS) is 22.2. The molecule has 0 N–H and O–H groups in total. The minimum Gasteiger partial charge on any atom is -0.292 e. The van der Waals surface area contributed by atoms with Gasteiger partial charge in [0.15, 0.2) is 0 Å². The second kappa shape index (κ2) is 15.7. The first-order valence-electron chi connectivity index (χ1n) is 19.3. The Labute approximate surface area is 323 Å². The zero-order valence-corrected chi connectivity index (χ0v) is 30.7. The fourth-order valence-electron chi connectivity index (χ4n) is 7.99. The minimum absolute atomic E-state index is 0.205. The van der Waals surface area contributed by atoms with E-state index >= 15 is 0 Å². The third kappa shape index (κ3) is 7.03. The topological polar surface area (TPSA) is 17.8 Å². The average molecular weight is 707 g/mol. The number of hydrogen-bond acceptors (Lipinski definition) is 1. The third-order valence-electron chi connectivity index (χ3n) is 10.7. The molecule has 2 heteroatoms. The van der Waals surface area contributed by atoms with Crippen molar-refractivity contribution in [3.63, 3.8) is 0 Å². The number of nitrogens with zero attached hydrogens (tertiary/aromatic N) is 2. The molecule has 0 saturated carbocycles. The van der Waals surface area contributed by atoms with Gasteiger partial charge in [-0.2, -0.15) is 0 Å². The lowest BCUT2D eigenvalue weighted by atomic mass is 9.78. The summed E-state index contributed by atoms with van der Waals surface area (Å²) in [4.78, 5) is 5.12. The Morgan fingerprint density at radius 1 is 0.491 bits per heavy atom. The monoisotopic (exact) mass is 706 g/mol. The lowest BCUT2D eigenvalue weighted by Crippen LogP contribution is -2.31. The molecule has 2 atom stereocenters. The summed E-state index contributed by atoms with van der Waals surface area (Å²) in [5, 5.41) is 2.46. The maximum atomic E-state index is 5.12. The highest BCUT2D eigenvalue weighted by Gasteiger charge is 2.23. The number of fused-ring (bicyclic) bond motifs is 3. The van der Waals surface area contributed by atoms with Crippen LogP contribution in [0.1, 0.15) is 18.4 Å². The smallest absolute Gasteiger partial charge is 0.145 e. The Balaban J connectivity index is 1.24. The van der Waals surface area contributed by atoms with Crippen molar-refractivity contribution in [2.45, 2.75) is 12.8 Å². The van der Waals surface area contributed by atoms with Gasteiger partial charge in [0.2, 0.25) is 0 Å².